The Bertz CT molecular complexity index is 513. The van der Waals surface area contributed by atoms with Crippen molar-refractivity contribution in [1.82, 2.24) is 0 Å². The molecule has 0 saturated heterocycles. The summed E-state index contributed by atoms with van der Waals surface area (Å²) in [6, 6.07) is 5.89. The average Bonchev–Trinajstić information content (AvgIpc) is 2.76. The zero-order valence-electron chi connectivity index (χ0n) is 11.4. The first-order chi connectivity index (χ1) is 9.77. The molecule has 1 saturated carbocycles. The van der Waals surface area contributed by atoms with E-state index in [0.29, 0.717) is 0 Å². The number of nitrogens with one attached hydrogen (secondary N) is 1. The molecule has 0 aliphatic heterocycles. The summed E-state index contributed by atoms with van der Waals surface area (Å²) in [7, 11) is 0. The average molecular weight is 318 g/mol. The van der Waals surface area contributed by atoms with Crippen molar-refractivity contribution in [3.05, 3.63) is 24.3 Å². The van der Waals surface area contributed by atoms with Crippen LogP contribution in [0.5, 0.6) is 0 Å². The number of para-hydroxylation sites is 1. The molecule has 2 rings (SSSR count). The number of carbonyl (C=O) groups is 1. The summed E-state index contributed by atoms with van der Waals surface area (Å²) in [4.78, 5) is 12.0. The third-order valence-corrected chi connectivity index (χ3v) is 4.31. The van der Waals surface area contributed by atoms with Crippen LogP contribution >= 0.6 is 11.8 Å². The molecule has 0 unspecified atom stereocenters. The van der Waals surface area contributed by atoms with E-state index >= 15 is 0 Å². The van der Waals surface area contributed by atoms with Crippen molar-refractivity contribution in [3.63, 3.8) is 0 Å². The molecule has 0 spiro atoms. The number of halogens is 3. The molecule has 1 aliphatic carbocycles. The Hall–Kier alpha value is -1.21. The normalized spacial score (nSPS) is 17.7. The number of rotatable bonds is 4. The van der Waals surface area contributed by atoms with Gasteiger partial charge in [0, 0.05) is 16.9 Å². The minimum absolute atomic E-state index is 0.0177. The van der Waals surface area contributed by atoms with Gasteiger partial charge in [-0.1, -0.05) is 25.0 Å². The van der Waals surface area contributed by atoms with Gasteiger partial charge in [-0.15, -0.1) is 0 Å². The lowest BCUT2D eigenvalue weighted by Gasteiger charge is -2.23. The molecule has 7 heteroatoms. The second kappa shape index (κ2) is 6.27. The summed E-state index contributed by atoms with van der Waals surface area (Å²) < 4.78 is 37.4. The lowest BCUT2D eigenvalue weighted by Crippen LogP contribution is -2.40. The van der Waals surface area contributed by atoms with Gasteiger partial charge in [-0.05, 0) is 36.7 Å². The Labute approximate surface area is 125 Å². The lowest BCUT2D eigenvalue weighted by molar-refractivity contribution is -0.117. The van der Waals surface area contributed by atoms with Crippen LogP contribution in [0.3, 0.4) is 0 Å². The van der Waals surface area contributed by atoms with Crippen LogP contribution in [0, 0.1) is 0 Å². The van der Waals surface area contributed by atoms with E-state index in [9.17, 15) is 18.0 Å². The number of carbonyl (C=O) groups excluding carboxylic acids is 1. The molecule has 1 amide bonds. The molecule has 1 aromatic carbocycles. The minimum atomic E-state index is -4.39. The molecule has 1 fully saturated rings. The van der Waals surface area contributed by atoms with Gasteiger partial charge in [0.25, 0.3) is 0 Å². The molecular weight excluding hydrogens is 301 g/mol. The predicted molar refractivity (Wildman–Crippen MR) is 77.0 cm³/mol. The van der Waals surface area contributed by atoms with Gasteiger partial charge in [-0.3, -0.25) is 4.79 Å². The summed E-state index contributed by atoms with van der Waals surface area (Å²) in [5.41, 5.74) is 1.37. The Morgan fingerprint density at radius 3 is 2.52 bits per heavy atom. The van der Waals surface area contributed by atoms with Crippen molar-refractivity contribution in [1.29, 1.82) is 0 Å². The minimum Gasteiger partial charge on any atom is -0.325 e. The number of anilines is 1. The third-order valence-electron chi connectivity index (χ3n) is 3.50. The molecule has 0 aromatic heterocycles. The second-order valence-electron chi connectivity index (χ2n) is 5.34. The first-order valence-corrected chi connectivity index (χ1v) is 7.53. The predicted octanol–water partition coefficient (Wildman–Crippen LogP) is 3.90. The SMILES string of the molecule is NC1(CC(=O)Nc2ccccc2SC(F)(F)F)CCCC1. The van der Waals surface area contributed by atoms with Crippen LogP contribution in [0.4, 0.5) is 18.9 Å². The van der Waals surface area contributed by atoms with E-state index in [0.717, 1.165) is 25.7 Å². The first-order valence-electron chi connectivity index (χ1n) is 6.71. The van der Waals surface area contributed by atoms with Crippen LogP contribution in [-0.2, 0) is 4.79 Å². The van der Waals surface area contributed by atoms with Gasteiger partial charge in [0.15, 0.2) is 0 Å². The summed E-state index contributed by atoms with van der Waals surface area (Å²) in [6.45, 7) is 0. The van der Waals surface area contributed by atoms with E-state index in [1.54, 1.807) is 6.07 Å². The highest BCUT2D eigenvalue weighted by Gasteiger charge is 2.33. The van der Waals surface area contributed by atoms with E-state index in [1.807, 2.05) is 0 Å². The van der Waals surface area contributed by atoms with Crippen LogP contribution in [-0.4, -0.2) is 17.0 Å². The molecule has 3 nitrogen and oxygen atoms in total. The molecular formula is C14H17F3N2OS. The van der Waals surface area contributed by atoms with E-state index in [-0.39, 0.29) is 34.7 Å². The third kappa shape index (κ3) is 4.93. The lowest BCUT2D eigenvalue weighted by atomic mass is 9.94. The Morgan fingerprint density at radius 2 is 1.90 bits per heavy atom. The van der Waals surface area contributed by atoms with E-state index < -0.39 is 11.0 Å². The monoisotopic (exact) mass is 318 g/mol. The number of alkyl halides is 3. The molecule has 0 heterocycles. The Balaban J connectivity index is 2.03. The Morgan fingerprint density at radius 1 is 1.29 bits per heavy atom. The van der Waals surface area contributed by atoms with Gasteiger partial charge in [-0.25, -0.2) is 0 Å². The van der Waals surface area contributed by atoms with E-state index in [1.165, 1.54) is 18.2 Å². The quantitative estimate of drug-likeness (QED) is 0.828. The molecule has 0 bridgehead atoms. The summed E-state index contributed by atoms with van der Waals surface area (Å²) >= 11 is -0.235. The number of nitrogens with two attached hydrogens (primary N) is 1. The number of hydrogen-bond donors (Lipinski definition) is 2. The van der Waals surface area contributed by atoms with Crippen molar-refractivity contribution in [3.8, 4) is 0 Å². The van der Waals surface area contributed by atoms with Crippen LogP contribution in [0.25, 0.3) is 0 Å². The van der Waals surface area contributed by atoms with Gasteiger partial charge in [-0.2, -0.15) is 13.2 Å². The zero-order chi connectivity index (χ0) is 15.5. The molecule has 1 aromatic rings. The molecule has 0 atom stereocenters. The number of hydrogen-bond acceptors (Lipinski definition) is 3. The van der Waals surface area contributed by atoms with Gasteiger partial charge in [0.2, 0.25) is 5.91 Å². The Kier molecular flexibility index (Phi) is 4.83. The van der Waals surface area contributed by atoms with Crippen molar-refractivity contribution in [2.24, 2.45) is 5.73 Å². The molecule has 1 aliphatic rings. The first kappa shape index (κ1) is 16.2. The van der Waals surface area contributed by atoms with Crippen LogP contribution in [0.15, 0.2) is 29.2 Å². The van der Waals surface area contributed by atoms with Gasteiger partial charge in [0.05, 0.1) is 5.69 Å². The molecule has 21 heavy (non-hydrogen) atoms. The molecule has 116 valence electrons. The molecule has 3 N–H and O–H groups in total. The van der Waals surface area contributed by atoms with Gasteiger partial charge in [0.1, 0.15) is 0 Å². The van der Waals surface area contributed by atoms with Crippen molar-refractivity contribution < 1.29 is 18.0 Å². The van der Waals surface area contributed by atoms with Gasteiger partial charge >= 0.3 is 5.51 Å². The summed E-state index contributed by atoms with van der Waals surface area (Å²) in [5, 5.41) is 2.55. The fourth-order valence-electron chi connectivity index (χ4n) is 2.55. The highest BCUT2D eigenvalue weighted by atomic mass is 32.2. The summed E-state index contributed by atoms with van der Waals surface area (Å²) in [5.74, 6) is -0.338. The standard InChI is InChI=1S/C14H17F3N2OS/c15-14(16,17)21-11-6-2-1-5-10(11)19-12(20)9-13(18)7-3-4-8-13/h1-2,5-6H,3-4,7-9,18H2,(H,19,20). The van der Waals surface area contributed by atoms with E-state index in [4.69, 9.17) is 5.73 Å². The highest BCUT2D eigenvalue weighted by molar-refractivity contribution is 8.00. The van der Waals surface area contributed by atoms with Gasteiger partial charge < -0.3 is 11.1 Å². The van der Waals surface area contributed by atoms with Crippen LogP contribution in [0.1, 0.15) is 32.1 Å². The number of thioether (sulfide) groups is 1. The van der Waals surface area contributed by atoms with Crippen molar-refractivity contribution in [2.75, 3.05) is 5.32 Å². The zero-order valence-corrected chi connectivity index (χ0v) is 12.2. The van der Waals surface area contributed by atoms with Crippen LogP contribution < -0.4 is 11.1 Å². The molecule has 0 radical (unpaired) electrons. The number of amides is 1. The maximum atomic E-state index is 12.5. The van der Waals surface area contributed by atoms with Crippen molar-refractivity contribution in [2.45, 2.75) is 48.0 Å². The fraction of sp³-hybridized carbons (Fsp3) is 0.500. The highest BCUT2D eigenvalue weighted by Crippen LogP contribution is 2.40. The maximum Gasteiger partial charge on any atom is 0.446 e. The smallest absolute Gasteiger partial charge is 0.325 e. The maximum absolute atomic E-state index is 12.5. The fourth-order valence-corrected chi connectivity index (χ4v) is 3.18. The topological polar surface area (TPSA) is 55.1 Å². The largest absolute Gasteiger partial charge is 0.446 e. The number of benzene rings is 1. The second-order valence-corrected chi connectivity index (χ2v) is 6.45. The van der Waals surface area contributed by atoms with Crippen LogP contribution in [0.2, 0.25) is 0 Å². The summed E-state index contributed by atoms with van der Waals surface area (Å²) in [6.07, 6.45) is 3.67. The van der Waals surface area contributed by atoms with Crippen molar-refractivity contribution >= 4 is 23.4 Å². The van der Waals surface area contributed by atoms with E-state index in [2.05, 4.69) is 5.32 Å².